The Bertz CT molecular complexity index is 547. The summed E-state index contributed by atoms with van der Waals surface area (Å²) in [5.74, 6) is 0. The maximum atomic E-state index is 10.4. The van der Waals surface area contributed by atoms with E-state index in [4.69, 9.17) is 0 Å². The van der Waals surface area contributed by atoms with Crippen LogP contribution in [0.1, 0.15) is 69.2 Å². The zero-order valence-electron chi connectivity index (χ0n) is 13.4. The second kappa shape index (κ2) is 5.20. The maximum Gasteiger partial charge on any atom is 0.123 e. The quantitative estimate of drug-likeness (QED) is 0.710. The van der Waals surface area contributed by atoms with E-state index in [2.05, 4.69) is 52.8 Å². The lowest BCUT2D eigenvalue weighted by molar-refractivity contribution is -0.107. The van der Waals surface area contributed by atoms with Crippen LogP contribution in [-0.2, 0) is 15.6 Å². The summed E-state index contributed by atoms with van der Waals surface area (Å²) in [6.07, 6.45) is 7.94. The molecule has 108 valence electrons. The minimum absolute atomic E-state index is 0.242. The van der Waals surface area contributed by atoms with Crippen LogP contribution < -0.4 is 0 Å². The Morgan fingerprint density at radius 1 is 1.05 bits per heavy atom. The van der Waals surface area contributed by atoms with Crippen LogP contribution in [0.25, 0.3) is 6.08 Å². The SMILES string of the molecule is Cc1cc2c(cc1C=CCC=O)C(C)(C)CCC2(C)C. The van der Waals surface area contributed by atoms with Crippen molar-refractivity contribution in [2.24, 2.45) is 0 Å². The average Bonchev–Trinajstić information content (AvgIpc) is 2.37. The highest BCUT2D eigenvalue weighted by Gasteiger charge is 2.37. The molecule has 1 nitrogen and oxygen atoms in total. The number of carbonyl (C=O) groups excluding carboxylic acids is 1. The third-order valence-corrected chi connectivity index (χ3v) is 4.77. The summed E-state index contributed by atoms with van der Waals surface area (Å²) in [4.78, 5) is 10.4. The maximum absolute atomic E-state index is 10.4. The normalized spacial score (nSPS) is 19.9. The summed E-state index contributed by atoms with van der Waals surface area (Å²) in [6.45, 7) is 11.5. The van der Waals surface area contributed by atoms with Crippen LogP contribution in [0.4, 0.5) is 0 Å². The largest absolute Gasteiger partial charge is 0.303 e. The van der Waals surface area contributed by atoms with Crippen LogP contribution in [0.5, 0.6) is 0 Å². The first-order valence-corrected chi connectivity index (χ1v) is 7.54. The first kappa shape index (κ1) is 15.0. The van der Waals surface area contributed by atoms with Crippen molar-refractivity contribution in [2.75, 3.05) is 0 Å². The number of carbonyl (C=O) groups is 1. The molecule has 0 radical (unpaired) electrons. The van der Waals surface area contributed by atoms with Gasteiger partial charge in [-0.05, 0) is 52.8 Å². The van der Waals surface area contributed by atoms with Gasteiger partial charge in [0.25, 0.3) is 0 Å². The van der Waals surface area contributed by atoms with E-state index >= 15 is 0 Å². The fourth-order valence-electron chi connectivity index (χ4n) is 3.17. The van der Waals surface area contributed by atoms with Gasteiger partial charge in [-0.25, -0.2) is 0 Å². The summed E-state index contributed by atoms with van der Waals surface area (Å²) in [7, 11) is 0. The second-order valence-electron chi connectivity index (χ2n) is 7.33. The zero-order chi connectivity index (χ0) is 15.0. The summed E-state index contributed by atoms with van der Waals surface area (Å²) in [5.41, 5.74) is 6.03. The number of aldehydes is 1. The van der Waals surface area contributed by atoms with Gasteiger partial charge in [-0.3, -0.25) is 0 Å². The fraction of sp³-hybridized carbons (Fsp3) is 0.526. The van der Waals surface area contributed by atoms with Gasteiger partial charge < -0.3 is 4.79 Å². The van der Waals surface area contributed by atoms with Crippen molar-refractivity contribution in [1.82, 2.24) is 0 Å². The van der Waals surface area contributed by atoms with Gasteiger partial charge in [-0.1, -0.05) is 52.0 Å². The summed E-state index contributed by atoms with van der Waals surface area (Å²) >= 11 is 0. The molecule has 0 unspecified atom stereocenters. The van der Waals surface area contributed by atoms with Crippen LogP contribution in [0.3, 0.4) is 0 Å². The minimum atomic E-state index is 0.242. The van der Waals surface area contributed by atoms with E-state index in [9.17, 15) is 4.79 Å². The van der Waals surface area contributed by atoms with Crippen molar-refractivity contribution in [1.29, 1.82) is 0 Å². The molecule has 1 aromatic carbocycles. The summed E-state index contributed by atoms with van der Waals surface area (Å²) in [5, 5.41) is 0. The fourth-order valence-corrected chi connectivity index (χ4v) is 3.17. The molecular weight excluding hydrogens is 244 g/mol. The van der Waals surface area contributed by atoms with E-state index < -0.39 is 0 Å². The monoisotopic (exact) mass is 270 g/mol. The van der Waals surface area contributed by atoms with E-state index in [0.717, 1.165) is 6.29 Å². The summed E-state index contributed by atoms with van der Waals surface area (Å²) in [6, 6.07) is 4.70. The number of fused-ring (bicyclic) bond motifs is 1. The molecule has 1 aromatic rings. The van der Waals surface area contributed by atoms with E-state index in [0.29, 0.717) is 6.42 Å². The smallest absolute Gasteiger partial charge is 0.123 e. The van der Waals surface area contributed by atoms with Gasteiger partial charge >= 0.3 is 0 Å². The molecule has 2 rings (SSSR count). The Morgan fingerprint density at radius 3 is 2.15 bits per heavy atom. The van der Waals surface area contributed by atoms with Gasteiger partial charge in [-0.15, -0.1) is 0 Å². The number of allylic oxidation sites excluding steroid dienone is 1. The first-order chi connectivity index (χ1) is 9.28. The van der Waals surface area contributed by atoms with Gasteiger partial charge in [0.05, 0.1) is 0 Å². The van der Waals surface area contributed by atoms with Crippen LogP contribution in [0.2, 0.25) is 0 Å². The molecule has 0 aliphatic heterocycles. The third kappa shape index (κ3) is 2.72. The van der Waals surface area contributed by atoms with Crippen molar-refractivity contribution in [3.63, 3.8) is 0 Å². The predicted molar refractivity (Wildman–Crippen MR) is 86.2 cm³/mol. The van der Waals surface area contributed by atoms with Crippen LogP contribution in [0, 0.1) is 6.92 Å². The van der Waals surface area contributed by atoms with Crippen molar-refractivity contribution >= 4 is 12.4 Å². The third-order valence-electron chi connectivity index (χ3n) is 4.77. The Morgan fingerprint density at radius 2 is 1.60 bits per heavy atom. The van der Waals surface area contributed by atoms with Crippen molar-refractivity contribution in [2.45, 2.75) is 64.7 Å². The Balaban J connectivity index is 2.54. The lowest BCUT2D eigenvalue weighted by Crippen LogP contribution is -2.34. The van der Waals surface area contributed by atoms with Crippen LogP contribution in [0.15, 0.2) is 18.2 Å². The molecule has 0 saturated carbocycles. The van der Waals surface area contributed by atoms with Gasteiger partial charge in [0, 0.05) is 6.42 Å². The molecule has 0 atom stereocenters. The highest BCUT2D eigenvalue weighted by Crippen LogP contribution is 2.46. The second-order valence-corrected chi connectivity index (χ2v) is 7.33. The zero-order valence-corrected chi connectivity index (χ0v) is 13.4. The molecule has 1 heteroatoms. The Labute approximate surface area is 123 Å². The van der Waals surface area contributed by atoms with E-state index in [-0.39, 0.29) is 10.8 Å². The molecule has 1 aliphatic carbocycles. The van der Waals surface area contributed by atoms with Gasteiger partial charge in [-0.2, -0.15) is 0 Å². The van der Waals surface area contributed by atoms with Crippen molar-refractivity contribution in [3.8, 4) is 0 Å². The summed E-state index contributed by atoms with van der Waals surface area (Å²) < 4.78 is 0. The van der Waals surface area contributed by atoms with Gasteiger partial charge in [0.1, 0.15) is 6.29 Å². The number of rotatable bonds is 3. The standard InChI is InChI=1S/C19H26O/c1-14-12-16-17(13-15(14)8-6-7-11-20)19(4,5)10-9-18(16,2)3/h6,8,11-13H,7,9-10H2,1-5H3. The lowest BCUT2D eigenvalue weighted by Gasteiger charge is -2.42. The highest BCUT2D eigenvalue weighted by molar-refractivity contribution is 5.62. The van der Waals surface area contributed by atoms with Crippen molar-refractivity contribution in [3.05, 3.63) is 40.5 Å². The number of hydrogen-bond donors (Lipinski definition) is 0. The minimum Gasteiger partial charge on any atom is -0.303 e. The van der Waals surface area contributed by atoms with Crippen molar-refractivity contribution < 1.29 is 4.79 Å². The number of hydrogen-bond acceptors (Lipinski definition) is 1. The Hall–Kier alpha value is -1.37. The molecule has 0 N–H and O–H groups in total. The molecule has 0 saturated heterocycles. The van der Waals surface area contributed by atoms with Crippen LogP contribution >= 0.6 is 0 Å². The number of aryl methyl sites for hydroxylation is 1. The molecule has 1 aliphatic rings. The highest BCUT2D eigenvalue weighted by atomic mass is 16.1. The molecule has 0 heterocycles. The predicted octanol–water partition coefficient (Wildman–Crippen LogP) is 4.95. The van der Waals surface area contributed by atoms with E-state index in [1.165, 1.54) is 35.1 Å². The molecule has 0 aromatic heterocycles. The Kier molecular flexibility index (Phi) is 3.90. The van der Waals surface area contributed by atoms with Crippen LogP contribution in [-0.4, -0.2) is 6.29 Å². The molecule has 0 bridgehead atoms. The molecule has 20 heavy (non-hydrogen) atoms. The lowest BCUT2D eigenvalue weighted by atomic mass is 9.62. The van der Waals surface area contributed by atoms with Gasteiger partial charge in [0.2, 0.25) is 0 Å². The van der Waals surface area contributed by atoms with Gasteiger partial charge in [0.15, 0.2) is 0 Å². The van der Waals surface area contributed by atoms with E-state index in [1.54, 1.807) is 0 Å². The van der Waals surface area contributed by atoms with E-state index in [1.807, 2.05) is 6.08 Å². The molecule has 0 spiro atoms. The molecule has 0 amide bonds. The molecular formula is C19H26O. The molecule has 0 fully saturated rings. The average molecular weight is 270 g/mol. The first-order valence-electron chi connectivity index (χ1n) is 7.54. The topological polar surface area (TPSA) is 17.1 Å². The number of benzene rings is 1.